The van der Waals surface area contributed by atoms with Gasteiger partial charge in [0.05, 0.1) is 0 Å². The summed E-state index contributed by atoms with van der Waals surface area (Å²) in [5.74, 6) is 0.534. The van der Waals surface area contributed by atoms with Crippen molar-refractivity contribution in [2.45, 2.75) is 5.22 Å². The molecule has 0 saturated heterocycles. The van der Waals surface area contributed by atoms with Gasteiger partial charge in [0.1, 0.15) is 0 Å². The second kappa shape index (κ2) is 3.62. The molecule has 0 atom stereocenters. The van der Waals surface area contributed by atoms with Gasteiger partial charge in [-0.3, -0.25) is 0 Å². The normalized spacial score (nSPS) is 10.2. The number of benzene rings is 1. The maximum Gasteiger partial charge on any atom is 0.276 e. The fraction of sp³-hybridized carbons (Fsp3) is 0. The van der Waals surface area contributed by atoms with E-state index in [9.17, 15) is 0 Å². The highest BCUT2D eigenvalue weighted by molar-refractivity contribution is 8.00. The largest absolute Gasteiger partial charge is 0.411 e. The van der Waals surface area contributed by atoms with Gasteiger partial charge in [0.25, 0.3) is 5.22 Å². The van der Waals surface area contributed by atoms with Crippen molar-refractivity contribution >= 4 is 11.8 Å². The Labute approximate surface area is 80.2 Å². The van der Waals surface area contributed by atoms with E-state index in [-0.39, 0.29) is 0 Å². The van der Waals surface area contributed by atoms with Gasteiger partial charge in [-0.15, -0.1) is 10.2 Å². The summed E-state index contributed by atoms with van der Waals surface area (Å²) < 4.78 is 5.30. The van der Waals surface area contributed by atoms with Gasteiger partial charge < -0.3 is 4.42 Å². The van der Waals surface area contributed by atoms with Crippen LogP contribution in [0.1, 0.15) is 0 Å². The van der Waals surface area contributed by atoms with Crippen LogP contribution in [0.5, 0.6) is 0 Å². The quantitative estimate of drug-likeness (QED) is 0.684. The molecule has 13 heavy (non-hydrogen) atoms. The van der Waals surface area contributed by atoms with E-state index in [1.165, 1.54) is 11.8 Å². The summed E-state index contributed by atoms with van der Waals surface area (Å²) in [6, 6.07) is 9.64. The van der Waals surface area contributed by atoms with Crippen molar-refractivity contribution in [3.63, 3.8) is 0 Å². The Hall–Kier alpha value is -1.29. The van der Waals surface area contributed by atoms with Gasteiger partial charge in [-0.25, -0.2) is 0 Å². The van der Waals surface area contributed by atoms with Crippen molar-refractivity contribution in [2.24, 2.45) is 0 Å². The molecule has 0 saturated carbocycles. The Balaban J connectivity index is 2.36. The van der Waals surface area contributed by atoms with Crippen LogP contribution in [0, 0.1) is 6.26 Å². The van der Waals surface area contributed by atoms with Gasteiger partial charge >= 0.3 is 0 Å². The lowest BCUT2D eigenvalue weighted by atomic mass is 10.2. The average molecular weight is 191 g/mol. The summed E-state index contributed by atoms with van der Waals surface area (Å²) >= 11 is 1.19. The molecule has 0 aliphatic heterocycles. The van der Waals surface area contributed by atoms with Crippen LogP contribution in [-0.2, 0) is 0 Å². The van der Waals surface area contributed by atoms with Crippen molar-refractivity contribution in [2.75, 3.05) is 0 Å². The van der Waals surface area contributed by atoms with Gasteiger partial charge in [-0.1, -0.05) is 30.0 Å². The minimum Gasteiger partial charge on any atom is -0.411 e. The highest BCUT2D eigenvalue weighted by Crippen LogP contribution is 2.21. The van der Waals surface area contributed by atoms with Crippen molar-refractivity contribution in [3.05, 3.63) is 36.6 Å². The smallest absolute Gasteiger partial charge is 0.276 e. The average Bonchev–Trinajstić information content (AvgIpc) is 2.67. The van der Waals surface area contributed by atoms with Crippen LogP contribution in [0.3, 0.4) is 0 Å². The lowest BCUT2D eigenvalue weighted by Crippen LogP contribution is -1.75. The third kappa shape index (κ3) is 1.72. The Bertz CT molecular complexity index is 386. The van der Waals surface area contributed by atoms with E-state index in [1.807, 2.05) is 30.3 Å². The SMILES string of the molecule is [CH2]Sc1nnc(-c2ccccc2)o1. The Kier molecular flexibility index (Phi) is 2.31. The summed E-state index contributed by atoms with van der Waals surface area (Å²) in [4.78, 5) is 0. The van der Waals surface area contributed by atoms with Crippen molar-refractivity contribution < 1.29 is 4.42 Å². The molecule has 0 aliphatic rings. The minimum atomic E-state index is 0.485. The first-order valence-electron chi connectivity index (χ1n) is 3.71. The molecular weight excluding hydrogens is 184 g/mol. The fourth-order valence-corrected chi connectivity index (χ4v) is 1.20. The molecule has 65 valence electrons. The first-order valence-corrected chi connectivity index (χ1v) is 4.69. The molecule has 0 fully saturated rings. The lowest BCUT2D eigenvalue weighted by Gasteiger charge is -1.90. The molecule has 3 nitrogen and oxygen atoms in total. The Morgan fingerprint density at radius 1 is 1.15 bits per heavy atom. The van der Waals surface area contributed by atoms with Gasteiger partial charge in [0, 0.05) is 11.8 Å². The predicted molar refractivity (Wildman–Crippen MR) is 50.9 cm³/mol. The van der Waals surface area contributed by atoms with Crippen LogP contribution in [0.4, 0.5) is 0 Å². The second-order valence-electron chi connectivity index (χ2n) is 2.38. The summed E-state index contributed by atoms with van der Waals surface area (Å²) in [6.07, 6.45) is 3.58. The van der Waals surface area contributed by atoms with Crippen LogP contribution in [0.25, 0.3) is 11.5 Å². The highest BCUT2D eigenvalue weighted by atomic mass is 32.2. The Morgan fingerprint density at radius 2 is 1.92 bits per heavy atom. The van der Waals surface area contributed by atoms with Gasteiger partial charge in [0.15, 0.2) is 0 Å². The standard InChI is InChI=1S/C9H7N2OS/c1-13-9-11-10-8(12-9)7-5-3-2-4-6-7/h2-6H,1H2. The number of rotatable bonds is 2. The molecule has 0 spiro atoms. The van der Waals surface area contributed by atoms with E-state index in [4.69, 9.17) is 4.42 Å². The summed E-state index contributed by atoms with van der Waals surface area (Å²) in [6.45, 7) is 0. The molecule has 1 radical (unpaired) electrons. The third-order valence-electron chi connectivity index (χ3n) is 1.55. The van der Waals surface area contributed by atoms with Gasteiger partial charge in [0.2, 0.25) is 5.89 Å². The zero-order valence-electron chi connectivity index (χ0n) is 6.80. The molecule has 1 heterocycles. The first-order chi connectivity index (χ1) is 6.40. The second-order valence-corrected chi connectivity index (χ2v) is 3.02. The van der Waals surface area contributed by atoms with Crippen LogP contribution in [-0.4, -0.2) is 10.2 Å². The highest BCUT2D eigenvalue weighted by Gasteiger charge is 2.05. The summed E-state index contributed by atoms with van der Waals surface area (Å²) in [7, 11) is 0. The first kappa shape index (κ1) is 8.31. The lowest BCUT2D eigenvalue weighted by molar-refractivity contribution is 0.467. The monoisotopic (exact) mass is 191 g/mol. The van der Waals surface area contributed by atoms with Gasteiger partial charge in [-0.2, -0.15) is 0 Å². The third-order valence-corrected chi connectivity index (χ3v) is 1.96. The van der Waals surface area contributed by atoms with E-state index < -0.39 is 0 Å². The molecule has 2 aromatic rings. The molecule has 1 aromatic carbocycles. The van der Waals surface area contributed by atoms with E-state index in [0.29, 0.717) is 11.1 Å². The van der Waals surface area contributed by atoms with Crippen LogP contribution < -0.4 is 0 Å². The number of nitrogens with zero attached hydrogens (tertiary/aromatic N) is 2. The van der Waals surface area contributed by atoms with E-state index in [0.717, 1.165) is 5.56 Å². The zero-order chi connectivity index (χ0) is 9.10. The topological polar surface area (TPSA) is 38.9 Å². The van der Waals surface area contributed by atoms with Gasteiger partial charge in [-0.05, 0) is 12.1 Å². The van der Waals surface area contributed by atoms with Crippen LogP contribution in [0.15, 0.2) is 40.0 Å². The van der Waals surface area contributed by atoms with Crippen molar-refractivity contribution in [1.29, 1.82) is 0 Å². The number of aromatic nitrogens is 2. The molecule has 0 aliphatic carbocycles. The van der Waals surface area contributed by atoms with Crippen molar-refractivity contribution in [1.82, 2.24) is 10.2 Å². The molecule has 0 bridgehead atoms. The molecule has 1 aromatic heterocycles. The molecule has 0 unspecified atom stereocenters. The van der Waals surface area contributed by atoms with E-state index >= 15 is 0 Å². The summed E-state index contributed by atoms with van der Waals surface area (Å²) in [5, 5.41) is 8.16. The maximum atomic E-state index is 5.30. The molecular formula is C9H7N2OS. The van der Waals surface area contributed by atoms with Crippen molar-refractivity contribution in [3.8, 4) is 11.5 Å². The number of thioether (sulfide) groups is 1. The minimum absolute atomic E-state index is 0.485. The van der Waals surface area contributed by atoms with Crippen LogP contribution >= 0.6 is 11.8 Å². The zero-order valence-corrected chi connectivity index (χ0v) is 7.62. The Morgan fingerprint density at radius 3 is 2.54 bits per heavy atom. The predicted octanol–water partition coefficient (Wildman–Crippen LogP) is 2.62. The number of hydrogen-bond acceptors (Lipinski definition) is 4. The van der Waals surface area contributed by atoms with E-state index in [1.54, 1.807) is 0 Å². The summed E-state index contributed by atoms with van der Waals surface area (Å²) in [5.41, 5.74) is 0.926. The fourth-order valence-electron chi connectivity index (χ4n) is 0.965. The molecule has 0 N–H and O–H groups in total. The maximum absolute atomic E-state index is 5.30. The van der Waals surface area contributed by atoms with E-state index in [2.05, 4.69) is 16.5 Å². The molecule has 4 heteroatoms. The molecule has 0 amide bonds. The van der Waals surface area contributed by atoms with Crippen LogP contribution in [0.2, 0.25) is 0 Å². The molecule has 2 rings (SSSR count). The number of hydrogen-bond donors (Lipinski definition) is 0.